The lowest BCUT2D eigenvalue weighted by atomic mass is 10.1. The molecule has 0 fully saturated rings. The van der Waals surface area contributed by atoms with Crippen molar-refractivity contribution in [3.8, 4) is 0 Å². The Morgan fingerprint density at radius 3 is 2.53 bits per heavy atom. The van der Waals surface area contributed by atoms with Crippen LogP contribution in [0.15, 0.2) is 30.3 Å². The summed E-state index contributed by atoms with van der Waals surface area (Å²) in [5.74, 6) is -0.412. The number of nitrogens with one attached hydrogen (secondary N) is 1. The van der Waals surface area contributed by atoms with Gasteiger partial charge in [-0.2, -0.15) is 0 Å². The van der Waals surface area contributed by atoms with Crippen LogP contribution in [0.2, 0.25) is 0 Å². The lowest BCUT2D eigenvalue weighted by Gasteiger charge is -2.12. The maximum absolute atomic E-state index is 11.6. The summed E-state index contributed by atoms with van der Waals surface area (Å²) in [6, 6.07) is 9.26. The second kappa shape index (κ2) is 6.68. The van der Waals surface area contributed by atoms with Crippen LogP contribution >= 0.6 is 0 Å². The van der Waals surface area contributed by atoms with Crippen LogP contribution < -0.4 is 5.32 Å². The minimum Gasteiger partial charge on any atom is -0.469 e. The number of ether oxygens (including phenoxy) is 1. The fraction of sp³-hybridized carbons (Fsp3) is 0.385. The van der Waals surface area contributed by atoms with Gasteiger partial charge in [-0.05, 0) is 12.5 Å². The Morgan fingerprint density at radius 2 is 1.94 bits per heavy atom. The summed E-state index contributed by atoms with van der Waals surface area (Å²) < 4.78 is 4.53. The number of methoxy groups -OCH3 is 1. The molecule has 0 saturated carbocycles. The van der Waals surface area contributed by atoms with E-state index in [4.69, 9.17) is 0 Å². The van der Waals surface area contributed by atoms with Crippen molar-refractivity contribution in [1.82, 2.24) is 5.32 Å². The Hall–Kier alpha value is -1.84. The van der Waals surface area contributed by atoms with Crippen LogP contribution in [0, 0.1) is 0 Å². The Labute approximate surface area is 101 Å². The Morgan fingerprint density at radius 1 is 1.29 bits per heavy atom. The summed E-state index contributed by atoms with van der Waals surface area (Å²) in [6.45, 7) is 1.78. The molecule has 0 aromatic heterocycles. The summed E-state index contributed by atoms with van der Waals surface area (Å²) in [5, 5.41) is 2.75. The zero-order chi connectivity index (χ0) is 12.7. The van der Waals surface area contributed by atoms with Gasteiger partial charge in [0, 0.05) is 6.04 Å². The summed E-state index contributed by atoms with van der Waals surface area (Å²) in [6.07, 6.45) is 0.517. The standard InChI is InChI=1S/C13H17NO3/c1-10(8-13(16)17-2)14-12(15)9-11-6-4-3-5-7-11/h3-7,10H,8-9H2,1-2H3,(H,14,15)/t10-/m1/s1. The molecular weight excluding hydrogens is 218 g/mol. The lowest BCUT2D eigenvalue weighted by molar-refractivity contribution is -0.141. The van der Waals surface area contributed by atoms with Crippen molar-refractivity contribution in [3.05, 3.63) is 35.9 Å². The molecule has 1 aromatic rings. The summed E-state index contributed by atoms with van der Waals surface area (Å²) >= 11 is 0. The molecule has 0 radical (unpaired) electrons. The average molecular weight is 235 g/mol. The molecule has 0 aliphatic heterocycles. The van der Waals surface area contributed by atoms with E-state index in [1.54, 1.807) is 6.92 Å². The first-order valence-corrected chi connectivity index (χ1v) is 5.52. The summed E-state index contributed by atoms with van der Waals surface area (Å²) in [7, 11) is 1.33. The van der Waals surface area contributed by atoms with Gasteiger partial charge in [-0.15, -0.1) is 0 Å². The van der Waals surface area contributed by atoms with Crippen molar-refractivity contribution < 1.29 is 14.3 Å². The molecule has 0 aliphatic rings. The monoisotopic (exact) mass is 235 g/mol. The molecule has 0 unspecified atom stereocenters. The van der Waals surface area contributed by atoms with Crippen molar-refractivity contribution in [2.45, 2.75) is 25.8 Å². The number of hydrogen-bond donors (Lipinski definition) is 1. The molecule has 17 heavy (non-hydrogen) atoms. The van der Waals surface area contributed by atoms with E-state index in [0.717, 1.165) is 5.56 Å². The second-order valence-corrected chi connectivity index (χ2v) is 3.91. The number of esters is 1. The number of benzene rings is 1. The molecule has 1 rings (SSSR count). The van der Waals surface area contributed by atoms with Crippen molar-refractivity contribution in [2.75, 3.05) is 7.11 Å². The molecule has 1 N–H and O–H groups in total. The van der Waals surface area contributed by atoms with E-state index in [9.17, 15) is 9.59 Å². The fourth-order valence-electron chi connectivity index (χ4n) is 1.49. The van der Waals surface area contributed by atoms with Crippen molar-refractivity contribution in [1.29, 1.82) is 0 Å². The van der Waals surface area contributed by atoms with Gasteiger partial charge < -0.3 is 10.1 Å². The third kappa shape index (κ3) is 5.15. The van der Waals surface area contributed by atoms with Gasteiger partial charge in [-0.25, -0.2) is 0 Å². The van der Waals surface area contributed by atoms with Gasteiger partial charge in [-0.3, -0.25) is 9.59 Å². The van der Waals surface area contributed by atoms with Crippen LogP contribution in [-0.2, 0) is 20.7 Å². The minimum atomic E-state index is -0.322. The number of carbonyl (C=O) groups is 2. The van der Waals surface area contributed by atoms with Gasteiger partial charge in [0.2, 0.25) is 5.91 Å². The molecule has 4 heteroatoms. The van der Waals surface area contributed by atoms with Gasteiger partial charge in [0.05, 0.1) is 20.0 Å². The van der Waals surface area contributed by atoms with Gasteiger partial charge in [-0.1, -0.05) is 30.3 Å². The first kappa shape index (κ1) is 13.2. The highest BCUT2D eigenvalue weighted by molar-refractivity contribution is 5.79. The van der Waals surface area contributed by atoms with Gasteiger partial charge in [0.15, 0.2) is 0 Å². The fourth-order valence-corrected chi connectivity index (χ4v) is 1.49. The van der Waals surface area contributed by atoms with Crippen LogP contribution in [-0.4, -0.2) is 25.0 Å². The highest BCUT2D eigenvalue weighted by atomic mass is 16.5. The average Bonchev–Trinajstić information content (AvgIpc) is 2.29. The molecule has 0 bridgehead atoms. The molecular formula is C13H17NO3. The Kier molecular flexibility index (Phi) is 5.20. The van der Waals surface area contributed by atoms with Crippen LogP contribution in [0.1, 0.15) is 18.9 Å². The van der Waals surface area contributed by atoms with Crippen LogP contribution in [0.4, 0.5) is 0 Å². The topological polar surface area (TPSA) is 55.4 Å². The highest BCUT2D eigenvalue weighted by Gasteiger charge is 2.12. The van der Waals surface area contributed by atoms with E-state index in [2.05, 4.69) is 10.1 Å². The van der Waals surface area contributed by atoms with Crippen LogP contribution in [0.25, 0.3) is 0 Å². The maximum atomic E-state index is 11.6. The van der Waals surface area contributed by atoms with E-state index in [1.165, 1.54) is 7.11 Å². The van der Waals surface area contributed by atoms with Gasteiger partial charge >= 0.3 is 5.97 Å². The first-order valence-electron chi connectivity index (χ1n) is 5.52. The molecule has 1 amide bonds. The van der Waals surface area contributed by atoms with Gasteiger partial charge in [0.1, 0.15) is 0 Å². The zero-order valence-electron chi connectivity index (χ0n) is 10.1. The van der Waals surface area contributed by atoms with Crippen molar-refractivity contribution in [3.63, 3.8) is 0 Å². The molecule has 1 atom stereocenters. The maximum Gasteiger partial charge on any atom is 0.307 e. The van der Waals surface area contributed by atoms with E-state index in [0.29, 0.717) is 6.42 Å². The predicted octanol–water partition coefficient (Wildman–Crippen LogP) is 1.30. The third-order valence-corrected chi connectivity index (χ3v) is 2.32. The number of carbonyl (C=O) groups excluding carboxylic acids is 2. The summed E-state index contributed by atoms with van der Waals surface area (Å²) in [5.41, 5.74) is 0.954. The predicted molar refractivity (Wildman–Crippen MR) is 64.4 cm³/mol. The SMILES string of the molecule is COC(=O)C[C@@H](C)NC(=O)Cc1ccccc1. The van der Waals surface area contributed by atoms with E-state index in [-0.39, 0.29) is 24.3 Å². The number of hydrogen-bond acceptors (Lipinski definition) is 3. The van der Waals surface area contributed by atoms with E-state index in [1.807, 2.05) is 30.3 Å². The molecule has 0 heterocycles. The van der Waals surface area contributed by atoms with Crippen molar-refractivity contribution in [2.24, 2.45) is 0 Å². The molecule has 0 spiro atoms. The lowest BCUT2D eigenvalue weighted by Crippen LogP contribution is -2.35. The third-order valence-electron chi connectivity index (χ3n) is 2.32. The minimum absolute atomic E-state index is 0.0902. The molecule has 4 nitrogen and oxygen atoms in total. The van der Waals surface area contributed by atoms with E-state index < -0.39 is 0 Å². The molecule has 0 saturated heterocycles. The largest absolute Gasteiger partial charge is 0.469 e. The van der Waals surface area contributed by atoms with Gasteiger partial charge in [0.25, 0.3) is 0 Å². The van der Waals surface area contributed by atoms with E-state index >= 15 is 0 Å². The van der Waals surface area contributed by atoms with Crippen LogP contribution in [0.3, 0.4) is 0 Å². The molecule has 1 aromatic carbocycles. The summed E-state index contributed by atoms with van der Waals surface area (Å²) in [4.78, 5) is 22.6. The quantitative estimate of drug-likeness (QED) is 0.782. The smallest absolute Gasteiger partial charge is 0.307 e. The Balaban J connectivity index is 2.37. The Bertz CT molecular complexity index is 376. The number of amides is 1. The molecule has 92 valence electrons. The highest BCUT2D eigenvalue weighted by Crippen LogP contribution is 2.00. The molecule has 0 aliphatic carbocycles. The zero-order valence-corrected chi connectivity index (χ0v) is 10.1. The first-order chi connectivity index (χ1) is 8.11. The van der Waals surface area contributed by atoms with Crippen LogP contribution in [0.5, 0.6) is 0 Å². The number of rotatable bonds is 5. The second-order valence-electron chi connectivity index (χ2n) is 3.91. The van der Waals surface area contributed by atoms with Crippen molar-refractivity contribution >= 4 is 11.9 Å². The normalized spacial score (nSPS) is 11.6.